The average molecular weight is 336 g/mol. The summed E-state index contributed by atoms with van der Waals surface area (Å²) in [6.07, 6.45) is 9.51. The van der Waals surface area contributed by atoms with Gasteiger partial charge in [-0.15, -0.1) is 0 Å². The zero-order valence-electron chi connectivity index (χ0n) is 14.6. The van der Waals surface area contributed by atoms with Crippen LogP contribution in [-0.4, -0.2) is 56.2 Å². The van der Waals surface area contributed by atoms with E-state index >= 15 is 0 Å². The molecule has 2 unspecified atom stereocenters. The standard InChI is InChI=1S/C19H26F2N2O/c1-22(2)9-6-15(7-10-24)17-12-14-5-4-8-23(3)16(11-14)13-18(17)19(20)21/h6-7,9-10,12-14,16,19H,4-5,8,11H2,1-3H3/b9-6?,15-7+. The minimum absolute atomic E-state index is 0.0190. The molecule has 1 aliphatic heterocycles. The van der Waals surface area contributed by atoms with Crippen LogP contribution in [0.25, 0.3) is 0 Å². The van der Waals surface area contributed by atoms with E-state index in [1.54, 1.807) is 18.4 Å². The summed E-state index contributed by atoms with van der Waals surface area (Å²) in [6, 6.07) is 0.0190. The van der Waals surface area contributed by atoms with Crippen molar-refractivity contribution in [1.82, 2.24) is 9.80 Å². The van der Waals surface area contributed by atoms with Gasteiger partial charge in [0.15, 0.2) is 0 Å². The van der Waals surface area contributed by atoms with E-state index in [4.69, 9.17) is 0 Å². The Morgan fingerprint density at radius 2 is 2.12 bits per heavy atom. The smallest absolute Gasteiger partial charge is 0.264 e. The molecule has 132 valence electrons. The van der Waals surface area contributed by atoms with Crippen LogP contribution in [0.4, 0.5) is 8.78 Å². The van der Waals surface area contributed by atoms with Crippen LogP contribution in [0, 0.1) is 5.92 Å². The Labute approximate surface area is 143 Å². The predicted octanol–water partition coefficient (Wildman–Crippen LogP) is 3.42. The van der Waals surface area contributed by atoms with E-state index in [0.717, 1.165) is 25.8 Å². The van der Waals surface area contributed by atoms with Crippen LogP contribution in [0.2, 0.25) is 0 Å². The molecule has 1 fully saturated rings. The maximum Gasteiger partial charge on any atom is 0.264 e. The van der Waals surface area contributed by atoms with Gasteiger partial charge in [0.05, 0.1) is 0 Å². The molecule has 2 aliphatic rings. The number of hydrogen-bond acceptors (Lipinski definition) is 3. The van der Waals surface area contributed by atoms with E-state index in [2.05, 4.69) is 4.90 Å². The van der Waals surface area contributed by atoms with Crippen molar-refractivity contribution in [2.24, 2.45) is 5.92 Å². The lowest BCUT2D eigenvalue weighted by atomic mass is 9.92. The van der Waals surface area contributed by atoms with Crippen molar-refractivity contribution in [3.8, 4) is 0 Å². The second-order valence-electron chi connectivity index (χ2n) is 6.73. The molecule has 2 atom stereocenters. The third-order valence-corrected chi connectivity index (χ3v) is 4.63. The highest BCUT2D eigenvalue weighted by Crippen LogP contribution is 2.36. The molecule has 1 saturated heterocycles. The molecule has 0 spiro atoms. The number of hydrogen-bond donors (Lipinski definition) is 0. The third-order valence-electron chi connectivity index (χ3n) is 4.63. The van der Waals surface area contributed by atoms with Crippen LogP contribution in [-0.2, 0) is 4.79 Å². The number of likely N-dealkylation sites (tertiary alicyclic amines) is 1. The van der Waals surface area contributed by atoms with Gasteiger partial charge in [-0.25, -0.2) is 8.78 Å². The van der Waals surface area contributed by atoms with Crippen molar-refractivity contribution in [3.63, 3.8) is 0 Å². The number of likely N-dealkylation sites (N-methyl/N-ethyl adjacent to an activating group) is 1. The molecule has 5 heteroatoms. The summed E-state index contributed by atoms with van der Waals surface area (Å²) in [6.45, 7) is 0.926. The Bertz CT molecular complexity index is 576. The van der Waals surface area contributed by atoms with Gasteiger partial charge in [-0.2, -0.15) is 0 Å². The first-order chi connectivity index (χ1) is 11.4. The SMILES string of the molecule is CN(C)C=C/C(=C\C=O)C1=CC2CCCN(C)C(C=C1C(F)F)C2. The normalized spacial score (nSPS) is 26.0. The lowest BCUT2D eigenvalue weighted by Crippen LogP contribution is -2.30. The summed E-state index contributed by atoms with van der Waals surface area (Å²) in [5, 5.41) is 0. The Morgan fingerprint density at radius 3 is 2.75 bits per heavy atom. The molecule has 0 N–H and O–H groups in total. The Balaban J connectivity index is 2.50. The first kappa shape index (κ1) is 18.6. The Morgan fingerprint density at radius 1 is 1.38 bits per heavy atom. The van der Waals surface area contributed by atoms with Crippen molar-refractivity contribution in [1.29, 1.82) is 0 Å². The molecule has 1 heterocycles. The largest absolute Gasteiger partial charge is 0.383 e. The second kappa shape index (κ2) is 8.38. The fraction of sp³-hybridized carbons (Fsp3) is 0.526. The van der Waals surface area contributed by atoms with Crippen LogP contribution < -0.4 is 0 Å². The van der Waals surface area contributed by atoms with E-state index in [-0.39, 0.29) is 17.5 Å². The van der Waals surface area contributed by atoms with Gasteiger partial charge in [0.2, 0.25) is 0 Å². The summed E-state index contributed by atoms with van der Waals surface area (Å²) in [5.74, 6) is 0.255. The maximum absolute atomic E-state index is 13.8. The van der Waals surface area contributed by atoms with Crippen molar-refractivity contribution in [3.05, 3.63) is 47.2 Å². The maximum atomic E-state index is 13.8. The zero-order chi connectivity index (χ0) is 17.7. The van der Waals surface area contributed by atoms with Gasteiger partial charge in [-0.05, 0) is 68.3 Å². The minimum Gasteiger partial charge on any atom is -0.383 e. The number of halogens is 2. The first-order valence-electron chi connectivity index (χ1n) is 8.35. The van der Waals surface area contributed by atoms with Crippen LogP contribution in [0.1, 0.15) is 19.3 Å². The van der Waals surface area contributed by atoms with Crippen LogP contribution in [0.5, 0.6) is 0 Å². The minimum atomic E-state index is -2.56. The molecule has 0 aromatic heterocycles. The number of rotatable bonds is 5. The summed E-state index contributed by atoms with van der Waals surface area (Å²) < 4.78 is 27.5. The highest BCUT2D eigenvalue weighted by molar-refractivity contribution is 5.71. The first-order valence-corrected chi connectivity index (χ1v) is 8.35. The molecule has 0 radical (unpaired) electrons. The number of alkyl halides is 2. The molecule has 0 aromatic rings. The lowest BCUT2D eigenvalue weighted by Gasteiger charge is -2.23. The van der Waals surface area contributed by atoms with Gasteiger partial charge in [0.25, 0.3) is 6.43 Å². The van der Waals surface area contributed by atoms with Gasteiger partial charge in [0, 0.05) is 25.7 Å². The van der Waals surface area contributed by atoms with E-state index in [0.29, 0.717) is 17.4 Å². The fourth-order valence-corrected chi connectivity index (χ4v) is 3.34. The Hall–Kier alpha value is -1.75. The molecular formula is C19H26F2N2O. The summed E-state index contributed by atoms with van der Waals surface area (Å²) >= 11 is 0. The molecule has 0 saturated carbocycles. The number of allylic oxidation sites excluding steroid dienone is 6. The zero-order valence-corrected chi connectivity index (χ0v) is 14.6. The molecule has 2 bridgehead atoms. The second-order valence-corrected chi connectivity index (χ2v) is 6.73. The fourth-order valence-electron chi connectivity index (χ4n) is 3.34. The van der Waals surface area contributed by atoms with E-state index in [1.807, 2.05) is 32.1 Å². The van der Waals surface area contributed by atoms with E-state index in [1.165, 1.54) is 6.08 Å². The molecule has 0 aromatic carbocycles. The van der Waals surface area contributed by atoms with Gasteiger partial charge < -0.3 is 4.90 Å². The number of carbonyl (C=O) groups is 1. The molecule has 3 nitrogen and oxygen atoms in total. The van der Waals surface area contributed by atoms with Crippen LogP contribution in [0.15, 0.2) is 47.2 Å². The molecular weight excluding hydrogens is 310 g/mol. The number of carbonyl (C=O) groups excluding carboxylic acids is 1. The molecule has 1 aliphatic carbocycles. The number of nitrogens with zero attached hydrogens (tertiary/aromatic N) is 2. The highest BCUT2D eigenvalue weighted by atomic mass is 19.3. The average Bonchev–Trinajstić information content (AvgIpc) is 2.81. The molecule has 0 amide bonds. The predicted molar refractivity (Wildman–Crippen MR) is 92.9 cm³/mol. The van der Waals surface area contributed by atoms with Crippen molar-refractivity contribution in [2.75, 3.05) is 27.7 Å². The van der Waals surface area contributed by atoms with E-state index in [9.17, 15) is 13.6 Å². The lowest BCUT2D eigenvalue weighted by molar-refractivity contribution is -0.104. The molecule has 2 rings (SSSR count). The monoisotopic (exact) mass is 336 g/mol. The van der Waals surface area contributed by atoms with Gasteiger partial charge in [-0.3, -0.25) is 9.69 Å². The van der Waals surface area contributed by atoms with Crippen molar-refractivity contribution < 1.29 is 13.6 Å². The van der Waals surface area contributed by atoms with Gasteiger partial charge in [0.1, 0.15) is 6.29 Å². The summed E-state index contributed by atoms with van der Waals surface area (Å²) in [4.78, 5) is 15.0. The quantitative estimate of drug-likeness (QED) is 0.437. The topological polar surface area (TPSA) is 23.6 Å². The third kappa shape index (κ3) is 4.63. The van der Waals surface area contributed by atoms with Crippen molar-refractivity contribution in [2.45, 2.75) is 31.7 Å². The number of fused-ring (bicyclic) bond motifs is 2. The van der Waals surface area contributed by atoms with Gasteiger partial charge >= 0.3 is 0 Å². The van der Waals surface area contributed by atoms with Crippen molar-refractivity contribution >= 4 is 6.29 Å². The van der Waals surface area contributed by atoms with E-state index < -0.39 is 6.43 Å². The van der Waals surface area contributed by atoms with Crippen LogP contribution in [0.3, 0.4) is 0 Å². The summed E-state index contributed by atoms with van der Waals surface area (Å²) in [7, 11) is 5.70. The van der Waals surface area contributed by atoms with Crippen LogP contribution >= 0.6 is 0 Å². The summed E-state index contributed by atoms with van der Waals surface area (Å²) in [5.41, 5.74) is 1.07. The molecule has 24 heavy (non-hydrogen) atoms. The van der Waals surface area contributed by atoms with Gasteiger partial charge in [-0.1, -0.05) is 12.2 Å². The highest BCUT2D eigenvalue weighted by Gasteiger charge is 2.29. The number of aldehydes is 1. The Kier molecular flexibility index (Phi) is 6.49.